The predicted octanol–water partition coefficient (Wildman–Crippen LogP) is 1.24. The van der Waals surface area contributed by atoms with Gasteiger partial charge in [0.05, 0.1) is 11.6 Å². The second-order valence-electron chi connectivity index (χ2n) is 5.76. The molecule has 0 radical (unpaired) electrons. The Bertz CT molecular complexity index is 674. The largest absolute Gasteiger partial charge is 0.391 e. The summed E-state index contributed by atoms with van der Waals surface area (Å²) in [5.74, 6) is -0.0509. The molecule has 1 aliphatic heterocycles. The number of carbonyl (C=O) groups is 1. The number of likely N-dealkylation sites (tertiary alicyclic amines) is 1. The molecule has 1 N–H and O–H groups in total. The lowest BCUT2D eigenvalue weighted by Gasteiger charge is -2.15. The minimum atomic E-state index is -0.505. The molecule has 0 saturated carbocycles. The first-order chi connectivity index (χ1) is 10.7. The van der Waals surface area contributed by atoms with Gasteiger partial charge in [0, 0.05) is 37.2 Å². The van der Waals surface area contributed by atoms with E-state index in [1.807, 2.05) is 36.4 Å². The first-order valence-electron chi connectivity index (χ1n) is 7.47. The summed E-state index contributed by atoms with van der Waals surface area (Å²) in [5, 5.41) is 11.3. The van der Waals surface area contributed by atoms with Crippen LogP contribution in [0.5, 0.6) is 0 Å². The van der Waals surface area contributed by atoms with E-state index in [0.717, 1.165) is 16.6 Å². The molecule has 0 bridgehead atoms. The Balaban J connectivity index is 1.70. The number of hydrogen-bond donors (Lipinski definition) is 1. The molecular formula is C17H20N2O3. The normalized spacial score (nSPS) is 21.5. The zero-order valence-electron chi connectivity index (χ0n) is 12.6. The molecule has 0 unspecified atom stereocenters. The average molecular weight is 300 g/mol. The van der Waals surface area contributed by atoms with E-state index in [0.29, 0.717) is 19.5 Å². The van der Waals surface area contributed by atoms with Gasteiger partial charge in [-0.1, -0.05) is 24.3 Å². The molecule has 5 nitrogen and oxygen atoms in total. The van der Waals surface area contributed by atoms with E-state index in [9.17, 15) is 9.90 Å². The SMILES string of the molecule is COCC(=O)N1C[C@@H](Cc2ccc3ccccc3n2)[C@H](O)C1. The highest BCUT2D eigenvalue weighted by Gasteiger charge is 2.34. The third kappa shape index (κ3) is 3.10. The van der Waals surface area contributed by atoms with Crippen LogP contribution in [0.4, 0.5) is 0 Å². The number of ether oxygens (including phenoxy) is 1. The van der Waals surface area contributed by atoms with Crippen molar-refractivity contribution in [3.8, 4) is 0 Å². The van der Waals surface area contributed by atoms with Crippen LogP contribution in [0, 0.1) is 5.92 Å². The summed E-state index contributed by atoms with van der Waals surface area (Å²) in [6.45, 7) is 0.992. The van der Waals surface area contributed by atoms with E-state index in [1.165, 1.54) is 7.11 Å². The van der Waals surface area contributed by atoms with Crippen LogP contribution >= 0.6 is 0 Å². The number of amides is 1. The van der Waals surface area contributed by atoms with Gasteiger partial charge in [-0.15, -0.1) is 0 Å². The Hall–Kier alpha value is -1.98. The standard InChI is InChI=1S/C17H20N2O3/c1-22-11-17(21)19-9-13(16(20)10-19)8-14-7-6-12-4-2-3-5-15(12)18-14/h2-7,13,16,20H,8-11H2,1H3/t13-,16-/m1/s1. The first kappa shape index (κ1) is 14.9. The van der Waals surface area contributed by atoms with E-state index in [2.05, 4.69) is 4.98 Å². The van der Waals surface area contributed by atoms with Crippen molar-refractivity contribution in [2.45, 2.75) is 12.5 Å². The van der Waals surface area contributed by atoms with Crippen LogP contribution in [0.15, 0.2) is 36.4 Å². The van der Waals surface area contributed by atoms with E-state index >= 15 is 0 Å². The summed E-state index contributed by atoms with van der Waals surface area (Å²) in [6.07, 6.45) is 0.164. The third-order valence-corrected chi connectivity index (χ3v) is 4.15. The van der Waals surface area contributed by atoms with Gasteiger partial charge in [0.25, 0.3) is 0 Å². The third-order valence-electron chi connectivity index (χ3n) is 4.15. The van der Waals surface area contributed by atoms with Crippen molar-refractivity contribution >= 4 is 16.8 Å². The van der Waals surface area contributed by atoms with Crippen LogP contribution in [-0.4, -0.2) is 53.8 Å². The molecule has 1 fully saturated rings. The predicted molar refractivity (Wildman–Crippen MR) is 83.4 cm³/mol. The summed E-state index contributed by atoms with van der Waals surface area (Å²) in [6, 6.07) is 12.0. The van der Waals surface area contributed by atoms with Gasteiger partial charge >= 0.3 is 0 Å². The van der Waals surface area contributed by atoms with Gasteiger partial charge in [0.1, 0.15) is 6.61 Å². The molecular weight excluding hydrogens is 280 g/mol. The molecule has 22 heavy (non-hydrogen) atoms. The van der Waals surface area contributed by atoms with Crippen LogP contribution < -0.4 is 0 Å². The summed E-state index contributed by atoms with van der Waals surface area (Å²) in [7, 11) is 1.50. The Morgan fingerprint density at radius 2 is 2.14 bits per heavy atom. The van der Waals surface area contributed by atoms with Crippen molar-refractivity contribution in [1.82, 2.24) is 9.88 Å². The van der Waals surface area contributed by atoms with E-state index < -0.39 is 6.10 Å². The molecule has 1 saturated heterocycles. The van der Waals surface area contributed by atoms with Gasteiger partial charge in [-0.3, -0.25) is 9.78 Å². The summed E-state index contributed by atoms with van der Waals surface area (Å²) in [4.78, 5) is 18.1. The number of benzene rings is 1. The molecule has 1 aromatic carbocycles. The van der Waals surface area contributed by atoms with Crippen molar-refractivity contribution in [2.24, 2.45) is 5.92 Å². The Labute approximate surface area is 129 Å². The number of aromatic nitrogens is 1. The average Bonchev–Trinajstić information content (AvgIpc) is 2.89. The van der Waals surface area contributed by atoms with Gasteiger partial charge in [0.15, 0.2) is 0 Å². The zero-order valence-corrected chi connectivity index (χ0v) is 12.6. The highest BCUT2D eigenvalue weighted by molar-refractivity contribution is 5.78. The Morgan fingerprint density at radius 3 is 2.95 bits per heavy atom. The van der Waals surface area contributed by atoms with Gasteiger partial charge in [-0.25, -0.2) is 0 Å². The minimum absolute atomic E-state index is 0.0227. The summed E-state index contributed by atoms with van der Waals surface area (Å²) < 4.78 is 4.87. The number of hydrogen-bond acceptors (Lipinski definition) is 4. The highest BCUT2D eigenvalue weighted by atomic mass is 16.5. The highest BCUT2D eigenvalue weighted by Crippen LogP contribution is 2.22. The number of methoxy groups -OCH3 is 1. The zero-order chi connectivity index (χ0) is 15.5. The number of pyridine rings is 1. The monoisotopic (exact) mass is 300 g/mol. The van der Waals surface area contributed by atoms with Crippen molar-refractivity contribution < 1.29 is 14.6 Å². The lowest BCUT2D eigenvalue weighted by molar-refractivity contribution is -0.134. The molecule has 2 aromatic rings. The number of aliphatic hydroxyl groups excluding tert-OH is 1. The molecule has 0 aliphatic carbocycles. The summed E-state index contributed by atoms with van der Waals surface area (Å²) >= 11 is 0. The van der Waals surface area contributed by atoms with Gasteiger partial charge < -0.3 is 14.7 Å². The number of carbonyl (C=O) groups excluding carboxylic acids is 1. The molecule has 1 aliphatic rings. The quantitative estimate of drug-likeness (QED) is 0.923. The molecule has 1 aromatic heterocycles. The lowest BCUT2D eigenvalue weighted by Crippen LogP contribution is -2.32. The number of β-amino-alcohol motifs (C(OH)–C–C–N with tert-alkyl or cyclic N) is 1. The molecule has 1 amide bonds. The van der Waals surface area contributed by atoms with Gasteiger partial charge in [-0.2, -0.15) is 0 Å². The maximum Gasteiger partial charge on any atom is 0.248 e. The lowest BCUT2D eigenvalue weighted by atomic mass is 9.99. The number of para-hydroxylation sites is 1. The maximum atomic E-state index is 11.8. The number of rotatable bonds is 4. The number of fused-ring (bicyclic) bond motifs is 1. The molecule has 3 rings (SSSR count). The molecule has 2 heterocycles. The Morgan fingerprint density at radius 1 is 1.32 bits per heavy atom. The maximum absolute atomic E-state index is 11.8. The Kier molecular flexibility index (Phi) is 4.36. The first-order valence-corrected chi connectivity index (χ1v) is 7.47. The van der Waals surface area contributed by atoms with E-state index in [4.69, 9.17) is 4.74 Å². The van der Waals surface area contributed by atoms with Crippen molar-refractivity contribution in [1.29, 1.82) is 0 Å². The molecule has 2 atom stereocenters. The van der Waals surface area contributed by atoms with Crippen LogP contribution in [0.1, 0.15) is 5.69 Å². The smallest absolute Gasteiger partial charge is 0.248 e. The van der Waals surface area contributed by atoms with Crippen LogP contribution in [0.3, 0.4) is 0 Å². The fraction of sp³-hybridized carbons (Fsp3) is 0.412. The topological polar surface area (TPSA) is 62.7 Å². The van der Waals surface area contributed by atoms with Crippen molar-refractivity contribution in [3.05, 3.63) is 42.1 Å². The second-order valence-corrected chi connectivity index (χ2v) is 5.76. The van der Waals surface area contributed by atoms with Gasteiger partial charge in [-0.05, 0) is 18.6 Å². The molecule has 0 spiro atoms. The van der Waals surface area contributed by atoms with Crippen LogP contribution in [-0.2, 0) is 16.0 Å². The van der Waals surface area contributed by atoms with E-state index in [1.54, 1.807) is 4.90 Å². The fourth-order valence-electron chi connectivity index (χ4n) is 2.96. The van der Waals surface area contributed by atoms with Gasteiger partial charge in [0.2, 0.25) is 5.91 Å². The van der Waals surface area contributed by atoms with Crippen molar-refractivity contribution in [2.75, 3.05) is 26.8 Å². The van der Waals surface area contributed by atoms with Crippen LogP contribution in [0.2, 0.25) is 0 Å². The number of nitrogens with zero attached hydrogens (tertiary/aromatic N) is 2. The minimum Gasteiger partial charge on any atom is -0.391 e. The summed E-state index contributed by atoms with van der Waals surface area (Å²) in [5.41, 5.74) is 1.91. The molecule has 5 heteroatoms. The number of aliphatic hydroxyl groups is 1. The fourth-order valence-corrected chi connectivity index (χ4v) is 2.96. The molecule has 116 valence electrons. The van der Waals surface area contributed by atoms with Crippen molar-refractivity contribution in [3.63, 3.8) is 0 Å². The van der Waals surface area contributed by atoms with Crippen LogP contribution in [0.25, 0.3) is 10.9 Å². The van der Waals surface area contributed by atoms with E-state index in [-0.39, 0.29) is 18.4 Å². The second kappa shape index (κ2) is 6.42.